The summed E-state index contributed by atoms with van der Waals surface area (Å²) in [7, 11) is 0. The molecule has 3 aromatic rings. The Bertz CT molecular complexity index is 1380. The van der Waals surface area contributed by atoms with E-state index in [9.17, 15) is 14.3 Å². The van der Waals surface area contributed by atoms with Crippen LogP contribution in [0.2, 0.25) is 0 Å². The molecular weight excluding hydrogens is 495 g/mol. The van der Waals surface area contributed by atoms with Gasteiger partial charge in [0.25, 0.3) is 0 Å². The lowest BCUT2D eigenvalue weighted by atomic mass is 9.83. The third kappa shape index (κ3) is 5.86. The van der Waals surface area contributed by atoms with Crippen molar-refractivity contribution in [2.75, 3.05) is 0 Å². The van der Waals surface area contributed by atoms with Gasteiger partial charge in [0.05, 0.1) is 12.5 Å². The molecule has 0 aliphatic carbocycles. The highest BCUT2D eigenvalue weighted by Crippen LogP contribution is 2.53. The van der Waals surface area contributed by atoms with Gasteiger partial charge in [-0.25, -0.2) is 4.39 Å². The van der Waals surface area contributed by atoms with Crippen molar-refractivity contribution in [2.24, 2.45) is 0 Å². The third-order valence-corrected chi connectivity index (χ3v) is 7.18. The van der Waals surface area contributed by atoms with Crippen molar-refractivity contribution in [3.8, 4) is 22.6 Å². The summed E-state index contributed by atoms with van der Waals surface area (Å²) in [6, 6.07) is 16.3. The lowest BCUT2D eigenvalue weighted by Crippen LogP contribution is -2.31. The first-order chi connectivity index (χ1) is 18.6. The molecule has 2 aliphatic heterocycles. The highest BCUT2D eigenvalue weighted by molar-refractivity contribution is 5.87. The fourth-order valence-corrected chi connectivity index (χ4v) is 5.55. The summed E-state index contributed by atoms with van der Waals surface area (Å²) in [5, 5.41) is 10.1. The standard InChI is InChI=1S/C33H35FO5/c1-20(2)29-26(15-14-25-16-24(35)17-28(36)38-25)30(22-10-12-23(34)13-11-22)32(31-27(29)18-33(3,4)39-31)37-19-21-8-6-5-7-9-21/h5-15,20,24-25,35H,16-19H2,1-4H3/t24-,25-/m1/s1. The van der Waals surface area contributed by atoms with Crippen LogP contribution in [-0.2, 0) is 22.6 Å². The van der Waals surface area contributed by atoms with Crippen LogP contribution in [0.1, 0.15) is 68.7 Å². The van der Waals surface area contributed by atoms with E-state index in [2.05, 4.69) is 27.7 Å². The minimum absolute atomic E-state index is 0.00511. The Labute approximate surface area is 229 Å². The van der Waals surface area contributed by atoms with E-state index in [-0.39, 0.29) is 18.2 Å². The molecule has 2 atom stereocenters. The summed E-state index contributed by atoms with van der Waals surface area (Å²) in [6.07, 6.45) is 3.57. The number of cyclic esters (lactones) is 1. The number of aliphatic hydroxyl groups is 1. The van der Waals surface area contributed by atoms with Gasteiger partial charge in [-0.3, -0.25) is 4.79 Å². The molecular formula is C33H35FO5. The number of esters is 1. The zero-order valence-electron chi connectivity index (χ0n) is 22.9. The van der Waals surface area contributed by atoms with Crippen LogP contribution < -0.4 is 9.47 Å². The number of halogens is 1. The molecule has 2 aliphatic rings. The van der Waals surface area contributed by atoms with Gasteiger partial charge in [-0.1, -0.05) is 62.4 Å². The van der Waals surface area contributed by atoms with Crippen molar-refractivity contribution < 1.29 is 28.5 Å². The van der Waals surface area contributed by atoms with Gasteiger partial charge in [0.1, 0.15) is 24.1 Å². The highest BCUT2D eigenvalue weighted by atomic mass is 19.1. The number of ether oxygens (including phenoxy) is 3. The highest BCUT2D eigenvalue weighted by Gasteiger charge is 2.38. The van der Waals surface area contributed by atoms with Crippen LogP contribution in [-0.4, -0.2) is 28.9 Å². The second kappa shape index (κ2) is 10.9. The zero-order chi connectivity index (χ0) is 27.7. The molecule has 0 bridgehead atoms. The molecule has 0 unspecified atom stereocenters. The van der Waals surface area contributed by atoms with E-state index in [1.165, 1.54) is 12.1 Å². The molecule has 6 heteroatoms. The average Bonchev–Trinajstić information content (AvgIpc) is 3.20. The van der Waals surface area contributed by atoms with Crippen molar-refractivity contribution in [2.45, 2.75) is 77.3 Å². The Morgan fingerprint density at radius 1 is 1.13 bits per heavy atom. The lowest BCUT2D eigenvalue weighted by Gasteiger charge is -2.25. The minimum atomic E-state index is -0.735. The fraction of sp³-hybridized carbons (Fsp3) is 0.364. The average molecular weight is 531 g/mol. The van der Waals surface area contributed by atoms with E-state index < -0.39 is 23.8 Å². The van der Waals surface area contributed by atoms with Crippen LogP contribution >= 0.6 is 0 Å². The molecule has 1 N–H and O–H groups in total. The Kier molecular flexibility index (Phi) is 7.50. The maximum atomic E-state index is 14.0. The molecule has 5 nitrogen and oxygen atoms in total. The van der Waals surface area contributed by atoms with Gasteiger partial charge in [0.15, 0.2) is 11.5 Å². The van der Waals surface area contributed by atoms with Crippen molar-refractivity contribution in [3.63, 3.8) is 0 Å². The predicted molar refractivity (Wildman–Crippen MR) is 149 cm³/mol. The summed E-state index contributed by atoms with van der Waals surface area (Å²) in [6.45, 7) is 8.74. The van der Waals surface area contributed by atoms with Gasteiger partial charge in [-0.15, -0.1) is 0 Å². The maximum absolute atomic E-state index is 14.0. The molecule has 0 aromatic heterocycles. The number of rotatable bonds is 7. The number of fused-ring (bicyclic) bond motifs is 1. The number of hydrogen-bond donors (Lipinski definition) is 1. The van der Waals surface area contributed by atoms with Crippen molar-refractivity contribution >= 4 is 12.0 Å². The summed E-state index contributed by atoms with van der Waals surface area (Å²) >= 11 is 0. The molecule has 0 saturated carbocycles. The molecule has 39 heavy (non-hydrogen) atoms. The third-order valence-electron chi connectivity index (χ3n) is 7.18. The van der Waals surface area contributed by atoms with E-state index >= 15 is 0 Å². The van der Waals surface area contributed by atoms with Crippen LogP contribution in [0, 0.1) is 5.82 Å². The van der Waals surface area contributed by atoms with Gasteiger partial charge in [-0.05, 0) is 60.2 Å². The van der Waals surface area contributed by atoms with Gasteiger partial charge < -0.3 is 19.3 Å². The monoisotopic (exact) mass is 530 g/mol. The number of benzene rings is 3. The van der Waals surface area contributed by atoms with Crippen molar-refractivity contribution in [1.29, 1.82) is 0 Å². The van der Waals surface area contributed by atoms with Crippen LogP contribution in [0.25, 0.3) is 17.2 Å². The molecule has 3 aromatic carbocycles. The van der Waals surface area contributed by atoms with Crippen LogP contribution in [0.15, 0.2) is 60.7 Å². The summed E-state index contributed by atoms with van der Waals surface area (Å²) < 4.78 is 32.6. The van der Waals surface area contributed by atoms with E-state index in [1.807, 2.05) is 42.5 Å². The van der Waals surface area contributed by atoms with E-state index in [0.29, 0.717) is 25.2 Å². The Morgan fingerprint density at radius 3 is 2.51 bits per heavy atom. The maximum Gasteiger partial charge on any atom is 0.309 e. The molecule has 5 rings (SSSR count). The first-order valence-electron chi connectivity index (χ1n) is 13.5. The lowest BCUT2D eigenvalue weighted by molar-refractivity contribution is -0.156. The van der Waals surface area contributed by atoms with Gasteiger partial charge in [0, 0.05) is 24.0 Å². The smallest absolute Gasteiger partial charge is 0.309 e. The normalized spacial score (nSPS) is 20.1. The quantitative estimate of drug-likeness (QED) is 0.334. The van der Waals surface area contributed by atoms with Crippen LogP contribution in [0.4, 0.5) is 4.39 Å². The number of carbonyl (C=O) groups excluding carboxylic acids is 1. The fourth-order valence-electron chi connectivity index (χ4n) is 5.55. The molecule has 1 saturated heterocycles. The van der Waals surface area contributed by atoms with E-state index in [4.69, 9.17) is 14.2 Å². The molecule has 204 valence electrons. The topological polar surface area (TPSA) is 65.0 Å². The Balaban J connectivity index is 1.72. The summed E-state index contributed by atoms with van der Waals surface area (Å²) in [5.74, 6) is 0.722. The van der Waals surface area contributed by atoms with Gasteiger partial charge in [0.2, 0.25) is 0 Å². The molecule has 0 radical (unpaired) electrons. The van der Waals surface area contributed by atoms with Crippen LogP contribution in [0.3, 0.4) is 0 Å². The predicted octanol–water partition coefficient (Wildman–Crippen LogP) is 6.99. The SMILES string of the molecule is CC(C)c1c(C=C[C@@H]2C[C@@H](O)CC(=O)O2)c(-c2ccc(F)cc2)c(OCc2ccccc2)c2c1CC(C)(C)O2. The largest absolute Gasteiger partial charge is 0.484 e. The number of carbonyl (C=O) groups is 1. The second-order valence-corrected chi connectivity index (χ2v) is 11.3. The Hall–Kier alpha value is -3.64. The summed E-state index contributed by atoms with van der Waals surface area (Å²) in [4.78, 5) is 12.0. The minimum Gasteiger partial charge on any atom is -0.484 e. The molecule has 2 heterocycles. The number of hydrogen-bond acceptors (Lipinski definition) is 5. The zero-order valence-corrected chi connectivity index (χ0v) is 22.9. The van der Waals surface area contributed by atoms with E-state index in [0.717, 1.165) is 39.1 Å². The Morgan fingerprint density at radius 2 is 1.85 bits per heavy atom. The summed E-state index contributed by atoms with van der Waals surface area (Å²) in [5.41, 5.74) is 5.29. The molecule has 1 fully saturated rings. The first-order valence-corrected chi connectivity index (χ1v) is 13.5. The van der Waals surface area contributed by atoms with Crippen LogP contribution in [0.5, 0.6) is 11.5 Å². The first kappa shape index (κ1) is 26.9. The molecule has 0 amide bonds. The molecule has 0 spiro atoms. The van der Waals surface area contributed by atoms with E-state index in [1.54, 1.807) is 12.1 Å². The van der Waals surface area contributed by atoms with Crippen molar-refractivity contribution in [1.82, 2.24) is 0 Å². The second-order valence-electron chi connectivity index (χ2n) is 11.3. The van der Waals surface area contributed by atoms with Gasteiger partial charge in [-0.2, -0.15) is 0 Å². The number of aliphatic hydroxyl groups excluding tert-OH is 1. The van der Waals surface area contributed by atoms with Gasteiger partial charge >= 0.3 is 5.97 Å². The van der Waals surface area contributed by atoms with Crippen molar-refractivity contribution in [3.05, 3.63) is 88.7 Å².